The van der Waals surface area contributed by atoms with Gasteiger partial charge in [0.05, 0.1) is 23.9 Å². The molecule has 26 heavy (non-hydrogen) atoms. The maximum absolute atomic E-state index is 13.6. The molecule has 2 unspecified atom stereocenters. The summed E-state index contributed by atoms with van der Waals surface area (Å²) in [7, 11) is 1.15. The summed E-state index contributed by atoms with van der Waals surface area (Å²) in [5, 5.41) is 0. The van der Waals surface area contributed by atoms with E-state index < -0.39 is 35.1 Å². The molecule has 2 aromatic rings. The molecule has 1 aromatic heterocycles. The van der Waals surface area contributed by atoms with Gasteiger partial charge in [-0.3, -0.25) is 14.6 Å². The third-order valence-electron chi connectivity index (χ3n) is 4.42. The van der Waals surface area contributed by atoms with E-state index in [2.05, 4.69) is 9.98 Å². The van der Waals surface area contributed by atoms with E-state index in [1.54, 1.807) is 0 Å². The number of esters is 1. The summed E-state index contributed by atoms with van der Waals surface area (Å²) >= 11 is 0. The Morgan fingerprint density at radius 3 is 2.58 bits per heavy atom. The number of benzene rings is 1. The normalized spacial score (nSPS) is 19.5. The van der Waals surface area contributed by atoms with E-state index in [9.17, 15) is 22.8 Å². The summed E-state index contributed by atoms with van der Waals surface area (Å²) in [5.74, 6) is -3.03. The lowest BCUT2D eigenvalue weighted by atomic mass is 9.75. The number of halogens is 3. The number of aromatic amines is 1. The second-order valence-electron chi connectivity index (χ2n) is 5.92. The number of fused-ring (bicyclic) bond motifs is 1. The predicted octanol–water partition coefficient (Wildman–Crippen LogP) is 3.42. The molecule has 5 nitrogen and oxygen atoms in total. The number of carbonyl (C=O) groups excluding carboxylic acids is 1. The van der Waals surface area contributed by atoms with Crippen molar-refractivity contribution < 1.29 is 22.7 Å². The third-order valence-corrected chi connectivity index (χ3v) is 4.42. The topological polar surface area (TPSA) is 71.5 Å². The number of methoxy groups -OCH3 is 1. The summed E-state index contributed by atoms with van der Waals surface area (Å²) in [4.78, 5) is 31.5. The fraction of sp³-hybridized carbons (Fsp3) is 0.278. The average molecular weight is 364 g/mol. The standard InChI is InChI=1S/C18H15F3N2O3/c1-9-13(17(25)26-2)14(15-12(23-9)7-8-22-16(15)24)10-5-3-4-6-11(10)18(19,20)21/h3-8,13-14H,1-2H3,(H,22,24). The van der Waals surface area contributed by atoms with Crippen LogP contribution in [0.25, 0.3) is 0 Å². The summed E-state index contributed by atoms with van der Waals surface area (Å²) in [5.41, 5.74) is -1.10. The van der Waals surface area contributed by atoms with E-state index in [1.165, 1.54) is 37.4 Å². The van der Waals surface area contributed by atoms with Crippen molar-refractivity contribution in [2.24, 2.45) is 10.9 Å². The van der Waals surface area contributed by atoms with E-state index >= 15 is 0 Å². The van der Waals surface area contributed by atoms with Crippen LogP contribution in [0.4, 0.5) is 18.9 Å². The quantitative estimate of drug-likeness (QED) is 0.830. The molecule has 0 saturated heterocycles. The molecule has 0 amide bonds. The lowest BCUT2D eigenvalue weighted by molar-refractivity contribution is -0.144. The zero-order chi connectivity index (χ0) is 19.1. The van der Waals surface area contributed by atoms with Crippen LogP contribution >= 0.6 is 0 Å². The Hall–Kier alpha value is -2.90. The monoisotopic (exact) mass is 364 g/mol. The molecule has 0 spiro atoms. The van der Waals surface area contributed by atoms with Crippen LogP contribution in [0.1, 0.15) is 29.5 Å². The van der Waals surface area contributed by atoms with Gasteiger partial charge < -0.3 is 9.72 Å². The molecule has 2 atom stereocenters. The van der Waals surface area contributed by atoms with Gasteiger partial charge in [0.25, 0.3) is 5.56 Å². The zero-order valence-electron chi connectivity index (χ0n) is 13.9. The van der Waals surface area contributed by atoms with Gasteiger partial charge in [0.1, 0.15) is 5.92 Å². The molecule has 0 saturated carbocycles. The van der Waals surface area contributed by atoms with Crippen molar-refractivity contribution in [3.05, 3.63) is 63.6 Å². The van der Waals surface area contributed by atoms with Gasteiger partial charge in [0.2, 0.25) is 0 Å². The lowest BCUT2D eigenvalue weighted by Crippen LogP contribution is -2.36. The van der Waals surface area contributed by atoms with Crippen molar-refractivity contribution in [3.8, 4) is 0 Å². The van der Waals surface area contributed by atoms with Crippen LogP contribution in [0.3, 0.4) is 0 Å². The number of nitrogens with one attached hydrogen (secondary N) is 1. The molecule has 1 aliphatic rings. The molecule has 0 fully saturated rings. The van der Waals surface area contributed by atoms with Crippen molar-refractivity contribution >= 4 is 17.4 Å². The maximum atomic E-state index is 13.6. The smallest absolute Gasteiger partial charge is 0.416 e. The summed E-state index contributed by atoms with van der Waals surface area (Å²) in [6, 6.07) is 6.41. The van der Waals surface area contributed by atoms with Crippen molar-refractivity contribution in [2.75, 3.05) is 7.11 Å². The van der Waals surface area contributed by atoms with Crippen molar-refractivity contribution in [1.29, 1.82) is 0 Å². The first-order valence-electron chi connectivity index (χ1n) is 7.76. The van der Waals surface area contributed by atoms with Crippen LogP contribution < -0.4 is 5.56 Å². The van der Waals surface area contributed by atoms with Gasteiger partial charge in [0.15, 0.2) is 0 Å². The molecule has 136 valence electrons. The highest BCUT2D eigenvalue weighted by Gasteiger charge is 2.44. The van der Waals surface area contributed by atoms with Crippen molar-refractivity contribution in [2.45, 2.75) is 19.0 Å². The Balaban J connectivity index is 2.35. The molecule has 0 bridgehead atoms. The van der Waals surface area contributed by atoms with Gasteiger partial charge in [-0.1, -0.05) is 18.2 Å². The number of H-pyrrole nitrogens is 1. The molecule has 1 aliphatic heterocycles. The number of aromatic nitrogens is 1. The number of aliphatic imine (C=N–C) groups is 1. The molecular weight excluding hydrogens is 349 g/mol. The molecule has 8 heteroatoms. The number of hydrogen-bond acceptors (Lipinski definition) is 4. The molecule has 1 aromatic carbocycles. The van der Waals surface area contributed by atoms with Gasteiger partial charge in [-0.25, -0.2) is 0 Å². The Kier molecular flexibility index (Phi) is 4.43. The number of ether oxygens (including phenoxy) is 1. The largest absolute Gasteiger partial charge is 0.468 e. The molecule has 1 N–H and O–H groups in total. The SMILES string of the molecule is COC(=O)C1C(C)=Nc2cc[nH]c(=O)c2C1c1ccccc1C(F)(F)F. The van der Waals surface area contributed by atoms with Crippen LogP contribution in [0.2, 0.25) is 0 Å². The lowest BCUT2D eigenvalue weighted by Gasteiger charge is -2.31. The second kappa shape index (κ2) is 6.44. The van der Waals surface area contributed by atoms with E-state index in [1.807, 2.05) is 0 Å². The Morgan fingerprint density at radius 1 is 1.23 bits per heavy atom. The van der Waals surface area contributed by atoms with Gasteiger partial charge in [-0.2, -0.15) is 13.2 Å². The number of pyridine rings is 1. The number of hydrogen-bond donors (Lipinski definition) is 1. The third kappa shape index (κ3) is 2.91. The average Bonchev–Trinajstić information content (AvgIpc) is 2.59. The number of nitrogens with zero attached hydrogens (tertiary/aromatic N) is 1. The first-order valence-corrected chi connectivity index (χ1v) is 7.76. The van der Waals surface area contributed by atoms with Crippen LogP contribution in [-0.2, 0) is 15.7 Å². The van der Waals surface area contributed by atoms with Crippen molar-refractivity contribution in [1.82, 2.24) is 4.98 Å². The van der Waals surface area contributed by atoms with Gasteiger partial charge in [0, 0.05) is 17.8 Å². The van der Waals surface area contributed by atoms with Gasteiger partial charge in [-0.15, -0.1) is 0 Å². The van der Waals surface area contributed by atoms with Crippen LogP contribution in [0.15, 0.2) is 46.3 Å². The Bertz CT molecular complexity index is 947. The molecular formula is C18H15F3N2O3. The molecule has 0 aliphatic carbocycles. The van der Waals surface area contributed by atoms with Crippen LogP contribution in [-0.4, -0.2) is 23.8 Å². The fourth-order valence-corrected chi connectivity index (χ4v) is 3.34. The number of alkyl halides is 3. The van der Waals surface area contributed by atoms with E-state index in [4.69, 9.17) is 4.74 Å². The Morgan fingerprint density at radius 2 is 1.92 bits per heavy atom. The molecule has 0 radical (unpaired) electrons. The molecule has 2 heterocycles. The Labute approximate surface area is 146 Å². The number of rotatable bonds is 2. The zero-order valence-corrected chi connectivity index (χ0v) is 13.9. The van der Waals surface area contributed by atoms with Crippen LogP contribution in [0.5, 0.6) is 0 Å². The van der Waals surface area contributed by atoms with E-state index in [0.717, 1.165) is 13.2 Å². The minimum Gasteiger partial charge on any atom is -0.468 e. The highest BCUT2D eigenvalue weighted by molar-refractivity contribution is 6.05. The predicted molar refractivity (Wildman–Crippen MR) is 88.6 cm³/mol. The summed E-state index contributed by atoms with van der Waals surface area (Å²) < 4.78 is 45.4. The van der Waals surface area contributed by atoms with E-state index in [0.29, 0.717) is 0 Å². The second-order valence-corrected chi connectivity index (χ2v) is 5.92. The minimum absolute atomic E-state index is 0.0187. The van der Waals surface area contributed by atoms with E-state index in [-0.39, 0.29) is 22.5 Å². The first kappa shape index (κ1) is 17.9. The van der Waals surface area contributed by atoms with Gasteiger partial charge >= 0.3 is 12.1 Å². The van der Waals surface area contributed by atoms with Crippen LogP contribution in [0, 0.1) is 5.92 Å². The summed E-state index contributed by atoms with van der Waals surface area (Å²) in [6.07, 6.45) is -3.27. The maximum Gasteiger partial charge on any atom is 0.416 e. The molecule has 3 rings (SSSR count). The fourth-order valence-electron chi connectivity index (χ4n) is 3.34. The number of carbonyl (C=O) groups is 1. The minimum atomic E-state index is -4.64. The first-order chi connectivity index (χ1) is 12.3. The highest BCUT2D eigenvalue weighted by atomic mass is 19.4. The van der Waals surface area contributed by atoms with Gasteiger partial charge in [-0.05, 0) is 24.6 Å². The highest BCUT2D eigenvalue weighted by Crippen LogP contribution is 2.45. The summed E-state index contributed by atoms with van der Waals surface area (Å²) in [6.45, 7) is 1.54. The van der Waals surface area contributed by atoms with Crippen molar-refractivity contribution in [3.63, 3.8) is 0 Å².